The highest BCUT2D eigenvalue weighted by atomic mass is 31.2. The van der Waals surface area contributed by atoms with Gasteiger partial charge in [-0.25, -0.2) is 0 Å². The number of esters is 2. The van der Waals surface area contributed by atoms with E-state index in [2.05, 4.69) is 62.5 Å². The molecule has 0 N–H and O–H groups in total. The van der Waals surface area contributed by atoms with Crippen molar-refractivity contribution in [1.29, 1.82) is 0 Å². The van der Waals surface area contributed by atoms with Gasteiger partial charge in [-0.15, -0.1) is 0 Å². The molecule has 0 amide bonds. The maximum atomic E-state index is 12.9. The van der Waals surface area contributed by atoms with E-state index in [4.69, 9.17) is 18.5 Å². The van der Waals surface area contributed by atoms with Gasteiger partial charge in [0.15, 0.2) is 6.10 Å². The SMILES string of the molecule is CCCCCCC/C=C\C/C=C\CCCCCCCCCCCCCCCCCCCCCCCCCCCCCC(=O)OC(COC(=O)CCCCCCCCCCCCCCCCCCCCCCCCC/C=C\C/C=C\CCCCCCC)COP(=O)([O-])OCC[N+](C)(C)C. The fraction of sp³-hybridized carbons (Fsp3) is 0.886. The first-order valence-electron chi connectivity index (χ1n) is 43.3. The van der Waals surface area contributed by atoms with Gasteiger partial charge in [0, 0.05) is 12.8 Å². The molecule has 0 aromatic heterocycles. The van der Waals surface area contributed by atoms with Crippen molar-refractivity contribution in [3.63, 3.8) is 0 Å². The molecular weight excluding hydrogens is 1230 g/mol. The van der Waals surface area contributed by atoms with Gasteiger partial charge in [-0.3, -0.25) is 14.2 Å². The van der Waals surface area contributed by atoms with Gasteiger partial charge in [0.25, 0.3) is 7.82 Å². The standard InChI is InChI=1S/C88H168NO8P/c1-6-8-10-12-14-16-18-20-22-24-26-28-30-32-34-36-38-40-42-43-44-45-47-49-51-53-55-57-59-61-63-65-67-69-71-73-75-77-79-81-88(91)97-86(85-96-98(92,93)95-83-82-89(3,4)5)84-94-87(90)80-78-76-74-72-70-68-66-64-62-60-58-56-54-52-50-48-46-41-39-37-35-33-31-29-27-25-23-21-19-17-15-13-11-9-7-2/h18-21,24-27,86H,6-17,22-23,28-85H2,1-5H3/b20-18-,21-19-,26-24-,27-25-. The number of carbonyl (C=O) groups excluding carboxylic acids is 2. The number of ether oxygens (including phenoxy) is 2. The molecule has 0 heterocycles. The Morgan fingerprint density at radius 3 is 0.806 bits per heavy atom. The maximum absolute atomic E-state index is 12.9. The molecule has 9 nitrogen and oxygen atoms in total. The number of rotatable bonds is 82. The second-order valence-corrected chi connectivity index (χ2v) is 32.3. The molecule has 0 aromatic rings. The summed E-state index contributed by atoms with van der Waals surface area (Å²) in [4.78, 5) is 38.2. The Morgan fingerprint density at radius 2 is 0.551 bits per heavy atom. The molecular formula is C88H168NO8P. The predicted molar refractivity (Wildman–Crippen MR) is 425 cm³/mol. The average Bonchev–Trinajstić information content (AvgIpc) is 1.23. The van der Waals surface area contributed by atoms with E-state index in [0.717, 1.165) is 44.9 Å². The minimum atomic E-state index is -4.64. The van der Waals surface area contributed by atoms with Gasteiger partial charge < -0.3 is 27.9 Å². The first-order valence-corrected chi connectivity index (χ1v) is 44.8. The summed E-state index contributed by atoms with van der Waals surface area (Å²) in [6.45, 7) is 4.30. The van der Waals surface area contributed by atoms with Crippen LogP contribution in [0, 0.1) is 0 Å². The van der Waals surface area contributed by atoms with E-state index in [0.29, 0.717) is 17.4 Å². The zero-order chi connectivity index (χ0) is 71.1. The third-order valence-corrected chi connectivity index (χ3v) is 20.8. The van der Waals surface area contributed by atoms with Crippen LogP contribution in [0.4, 0.5) is 0 Å². The smallest absolute Gasteiger partial charge is 0.306 e. The molecule has 2 unspecified atom stereocenters. The van der Waals surface area contributed by atoms with Gasteiger partial charge >= 0.3 is 11.9 Å². The second-order valence-electron chi connectivity index (χ2n) is 30.9. The number of phosphoric acid groups is 1. The minimum absolute atomic E-state index is 0.0273. The lowest BCUT2D eigenvalue weighted by molar-refractivity contribution is -0.870. The first-order chi connectivity index (χ1) is 48.0. The number of quaternary nitrogens is 1. The van der Waals surface area contributed by atoms with Gasteiger partial charge in [0.2, 0.25) is 0 Å². The van der Waals surface area contributed by atoms with Gasteiger partial charge in [0.05, 0.1) is 27.7 Å². The third kappa shape index (κ3) is 82.9. The first kappa shape index (κ1) is 96.0. The van der Waals surface area contributed by atoms with Crippen LogP contribution in [-0.2, 0) is 32.7 Å². The number of allylic oxidation sites excluding steroid dienone is 8. The van der Waals surface area contributed by atoms with Crippen molar-refractivity contribution in [2.24, 2.45) is 0 Å². The normalized spacial score (nSPS) is 13.2. The maximum Gasteiger partial charge on any atom is 0.306 e. The molecule has 578 valence electrons. The molecule has 0 rings (SSSR count). The van der Waals surface area contributed by atoms with Crippen molar-refractivity contribution in [2.75, 3.05) is 47.5 Å². The van der Waals surface area contributed by atoms with Crippen molar-refractivity contribution in [3.8, 4) is 0 Å². The Balaban J connectivity index is 3.86. The fourth-order valence-corrected chi connectivity index (χ4v) is 13.9. The summed E-state index contributed by atoms with van der Waals surface area (Å²) in [6.07, 6.45) is 106. The van der Waals surface area contributed by atoms with Gasteiger partial charge in [-0.1, -0.05) is 409 Å². The van der Waals surface area contributed by atoms with Crippen LogP contribution >= 0.6 is 7.82 Å². The molecule has 0 aliphatic heterocycles. The molecule has 10 heteroatoms. The molecule has 0 aliphatic rings. The summed E-state index contributed by atoms with van der Waals surface area (Å²) in [6, 6.07) is 0. The van der Waals surface area contributed by atoms with Crippen LogP contribution in [0.15, 0.2) is 48.6 Å². The Kier molecular flexibility index (Phi) is 77.5. The number of unbranched alkanes of at least 4 members (excludes halogenated alkanes) is 60. The molecule has 0 aromatic carbocycles. The van der Waals surface area contributed by atoms with Crippen LogP contribution in [0.2, 0.25) is 0 Å². The predicted octanol–water partition coefficient (Wildman–Crippen LogP) is 28.4. The van der Waals surface area contributed by atoms with E-state index in [1.165, 1.54) is 372 Å². The highest BCUT2D eigenvalue weighted by molar-refractivity contribution is 7.45. The monoisotopic (exact) mass is 1400 g/mol. The van der Waals surface area contributed by atoms with Crippen LogP contribution in [0.1, 0.15) is 450 Å². The van der Waals surface area contributed by atoms with E-state index in [9.17, 15) is 19.0 Å². The topological polar surface area (TPSA) is 111 Å². The molecule has 0 aliphatic carbocycles. The molecule has 0 fully saturated rings. The van der Waals surface area contributed by atoms with Gasteiger partial charge in [-0.2, -0.15) is 0 Å². The fourth-order valence-electron chi connectivity index (χ4n) is 13.2. The van der Waals surface area contributed by atoms with Crippen molar-refractivity contribution in [1.82, 2.24) is 0 Å². The van der Waals surface area contributed by atoms with E-state index in [1.807, 2.05) is 21.1 Å². The lowest BCUT2D eigenvalue weighted by atomic mass is 10.0. The van der Waals surface area contributed by atoms with Crippen molar-refractivity contribution < 1.29 is 42.1 Å². The molecule has 2 atom stereocenters. The van der Waals surface area contributed by atoms with Crippen molar-refractivity contribution in [3.05, 3.63) is 48.6 Å². The summed E-state index contributed by atoms with van der Waals surface area (Å²) < 4.78 is 34.5. The van der Waals surface area contributed by atoms with E-state index in [1.54, 1.807) is 0 Å². The van der Waals surface area contributed by atoms with Gasteiger partial charge in [-0.05, 0) is 77.0 Å². The summed E-state index contributed by atoms with van der Waals surface area (Å²) in [5.74, 6) is -0.805. The molecule has 0 bridgehead atoms. The minimum Gasteiger partial charge on any atom is -0.756 e. The van der Waals surface area contributed by atoms with Crippen LogP contribution in [0.3, 0.4) is 0 Å². The Labute approximate surface area is 611 Å². The lowest BCUT2D eigenvalue weighted by Crippen LogP contribution is -2.37. The van der Waals surface area contributed by atoms with Gasteiger partial charge in [0.1, 0.15) is 19.8 Å². The molecule has 0 spiro atoms. The number of carbonyl (C=O) groups is 2. The van der Waals surface area contributed by atoms with Crippen LogP contribution in [-0.4, -0.2) is 70.0 Å². The van der Waals surface area contributed by atoms with Crippen LogP contribution in [0.5, 0.6) is 0 Å². The zero-order valence-electron chi connectivity index (χ0n) is 66.3. The molecule has 0 saturated heterocycles. The average molecular weight is 1400 g/mol. The van der Waals surface area contributed by atoms with E-state index < -0.39 is 26.5 Å². The number of hydrogen-bond acceptors (Lipinski definition) is 8. The van der Waals surface area contributed by atoms with E-state index in [-0.39, 0.29) is 32.0 Å². The summed E-state index contributed by atoms with van der Waals surface area (Å²) >= 11 is 0. The lowest BCUT2D eigenvalue weighted by Gasteiger charge is -2.28. The molecule has 0 radical (unpaired) electrons. The Hall–Kier alpha value is -2.03. The third-order valence-electron chi connectivity index (χ3n) is 19.8. The van der Waals surface area contributed by atoms with Crippen LogP contribution in [0.25, 0.3) is 0 Å². The quantitative estimate of drug-likeness (QED) is 0.0195. The largest absolute Gasteiger partial charge is 0.756 e. The number of likely N-dealkylation sites (N-methyl/N-ethyl adjacent to an activating group) is 1. The zero-order valence-corrected chi connectivity index (χ0v) is 67.2. The van der Waals surface area contributed by atoms with Crippen LogP contribution < -0.4 is 4.89 Å². The highest BCUT2D eigenvalue weighted by Gasteiger charge is 2.22. The summed E-state index contributed by atoms with van der Waals surface area (Å²) in [7, 11) is 1.19. The molecule has 0 saturated carbocycles. The number of hydrogen-bond donors (Lipinski definition) is 0. The van der Waals surface area contributed by atoms with E-state index >= 15 is 0 Å². The summed E-state index contributed by atoms with van der Waals surface area (Å²) in [5, 5.41) is 0. The second kappa shape index (κ2) is 79.1. The van der Waals surface area contributed by atoms with Crippen molar-refractivity contribution >= 4 is 19.8 Å². The Morgan fingerprint density at radius 1 is 0.316 bits per heavy atom. The van der Waals surface area contributed by atoms with Crippen molar-refractivity contribution in [2.45, 2.75) is 457 Å². The Bertz CT molecular complexity index is 1790. The summed E-state index contributed by atoms with van der Waals surface area (Å²) in [5.41, 5.74) is 0. The highest BCUT2D eigenvalue weighted by Crippen LogP contribution is 2.38. The number of nitrogens with zero attached hydrogens (tertiary/aromatic N) is 1. The number of phosphoric ester groups is 1. The molecule has 98 heavy (non-hydrogen) atoms.